The predicted molar refractivity (Wildman–Crippen MR) is 102 cm³/mol. The summed E-state index contributed by atoms with van der Waals surface area (Å²) in [4.78, 5) is 37.7. The number of carbonyl (C=O) groups is 3. The molecule has 3 rings (SSSR count). The number of anilines is 2. The number of ether oxygens (including phenoxy) is 1. The lowest BCUT2D eigenvalue weighted by Gasteiger charge is -2.20. The first-order valence-corrected chi connectivity index (χ1v) is 9.09. The Balaban J connectivity index is 1.85. The molecule has 0 saturated carbocycles. The van der Waals surface area contributed by atoms with Gasteiger partial charge in [-0.3, -0.25) is 9.59 Å². The van der Waals surface area contributed by atoms with Gasteiger partial charge in [0.1, 0.15) is 11.8 Å². The van der Waals surface area contributed by atoms with Gasteiger partial charge in [0, 0.05) is 5.69 Å². The first-order chi connectivity index (χ1) is 13.4. The standard InChI is InChI=1S/C21H22N2O5/c1-3-10-28-18-7-5-4-6-17(18)23-19(24)12-16(20(23)25)22-15-11-14(21(26)27)9-8-13(15)2/h4-9,11,16,22H,3,10,12H2,1-2H3,(H,26,27)/p-1/t16-/m1/s1. The largest absolute Gasteiger partial charge is 0.545 e. The molecule has 7 nitrogen and oxygen atoms in total. The smallest absolute Gasteiger partial charge is 0.256 e. The fourth-order valence-corrected chi connectivity index (χ4v) is 3.07. The normalized spacial score (nSPS) is 16.4. The molecule has 0 unspecified atom stereocenters. The molecule has 2 aromatic carbocycles. The number of amides is 2. The Morgan fingerprint density at radius 1 is 1.25 bits per heavy atom. The molecule has 0 aliphatic carbocycles. The van der Waals surface area contributed by atoms with E-state index in [1.807, 2.05) is 6.92 Å². The Hall–Kier alpha value is -3.35. The number of hydrogen-bond acceptors (Lipinski definition) is 6. The van der Waals surface area contributed by atoms with E-state index in [-0.39, 0.29) is 17.9 Å². The summed E-state index contributed by atoms with van der Waals surface area (Å²) >= 11 is 0. The number of imide groups is 1. The van der Waals surface area contributed by atoms with Crippen LogP contribution in [0.3, 0.4) is 0 Å². The van der Waals surface area contributed by atoms with Gasteiger partial charge in [0.2, 0.25) is 5.91 Å². The summed E-state index contributed by atoms with van der Waals surface area (Å²) in [5.41, 5.74) is 1.65. The molecular weight excluding hydrogens is 360 g/mol. The highest BCUT2D eigenvalue weighted by Crippen LogP contribution is 2.33. The molecule has 0 spiro atoms. The summed E-state index contributed by atoms with van der Waals surface area (Å²) in [6.45, 7) is 4.23. The van der Waals surface area contributed by atoms with E-state index in [1.54, 1.807) is 37.3 Å². The molecule has 0 aromatic heterocycles. The molecular formula is C21H21N2O5-. The fraction of sp³-hybridized carbons (Fsp3) is 0.286. The molecule has 28 heavy (non-hydrogen) atoms. The van der Waals surface area contributed by atoms with Crippen molar-refractivity contribution in [2.24, 2.45) is 0 Å². The SMILES string of the molecule is CCCOc1ccccc1N1C(=O)C[C@@H](Nc2cc(C(=O)[O-])ccc2C)C1=O. The topological polar surface area (TPSA) is 98.8 Å². The Labute approximate surface area is 162 Å². The van der Waals surface area contributed by atoms with Crippen LogP contribution >= 0.6 is 0 Å². The number of hydrogen-bond donors (Lipinski definition) is 1. The van der Waals surface area contributed by atoms with E-state index < -0.39 is 17.9 Å². The van der Waals surface area contributed by atoms with Crippen molar-refractivity contribution in [1.29, 1.82) is 0 Å². The summed E-state index contributed by atoms with van der Waals surface area (Å²) in [5.74, 6) is -1.58. The van der Waals surface area contributed by atoms with Gasteiger partial charge in [-0.2, -0.15) is 0 Å². The predicted octanol–water partition coefficient (Wildman–Crippen LogP) is 1.89. The molecule has 1 aliphatic heterocycles. The molecule has 7 heteroatoms. The van der Waals surface area contributed by atoms with E-state index in [4.69, 9.17) is 4.74 Å². The van der Waals surface area contributed by atoms with E-state index in [2.05, 4.69) is 5.32 Å². The number of nitrogens with one attached hydrogen (secondary N) is 1. The Kier molecular flexibility index (Phi) is 5.63. The van der Waals surface area contributed by atoms with Gasteiger partial charge < -0.3 is 20.0 Å². The maximum absolute atomic E-state index is 12.9. The highest BCUT2D eigenvalue weighted by atomic mass is 16.5. The number of carbonyl (C=O) groups excluding carboxylic acids is 3. The van der Waals surface area contributed by atoms with Crippen LogP contribution in [0.25, 0.3) is 0 Å². The lowest BCUT2D eigenvalue weighted by Crippen LogP contribution is -2.35. The second-order valence-electron chi connectivity index (χ2n) is 6.60. The van der Waals surface area contributed by atoms with Crippen LogP contribution in [0, 0.1) is 6.92 Å². The highest BCUT2D eigenvalue weighted by molar-refractivity contribution is 6.23. The maximum atomic E-state index is 12.9. The van der Waals surface area contributed by atoms with Gasteiger partial charge in [-0.15, -0.1) is 0 Å². The molecule has 1 atom stereocenters. The van der Waals surface area contributed by atoms with Crippen LogP contribution in [0.2, 0.25) is 0 Å². The van der Waals surface area contributed by atoms with Crippen molar-refractivity contribution in [2.45, 2.75) is 32.7 Å². The van der Waals surface area contributed by atoms with Crippen molar-refractivity contribution in [1.82, 2.24) is 0 Å². The second kappa shape index (κ2) is 8.12. The number of aryl methyl sites for hydroxylation is 1. The van der Waals surface area contributed by atoms with Crippen LogP contribution in [0.1, 0.15) is 35.7 Å². The van der Waals surface area contributed by atoms with E-state index in [0.29, 0.717) is 23.7 Å². The van der Waals surface area contributed by atoms with Gasteiger partial charge in [-0.05, 0) is 42.7 Å². The molecule has 2 amide bonds. The number of benzene rings is 2. The van der Waals surface area contributed by atoms with Crippen LogP contribution in [0.5, 0.6) is 5.75 Å². The zero-order valence-corrected chi connectivity index (χ0v) is 15.7. The van der Waals surface area contributed by atoms with E-state index in [9.17, 15) is 19.5 Å². The van der Waals surface area contributed by atoms with E-state index in [0.717, 1.165) is 16.9 Å². The van der Waals surface area contributed by atoms with Crippen LogP contribution in [0.4, 0.5) is 11.4 Å². The Morgan fingerprint density at radius 2 is 2.00 bits per heavy atom. The minimum Gasteiger partial charge on any atom is -0.545 e. The Bertz CT molecular complexity index is 925. The third-order valence-corrected chi connectivity index (χ3v) is 4.52. The molecule has 1 N–H and O–H groups in total. The van der Waals surface area contributed by atoms with E-state index >= 15 is 0 Å². The average molecular weight is 381 g/mol. The molecule has 1 aliphatic rings. The van der Waals surface area contributed by atoms with Gasteiger partial charge >= 0.3 is 0 Å². The summed E-state index contributed by atoms with van der Waals surface area (Å²) in [5, 5.41) is 14.1. The second-order valence-corrected chi connectivity index (χ2v) is 6.60. The molecule has 2 aromatic rings. The summed E-state index contributed by atoms with van der Waals surface area (Å²) < 4.78 is 5.67. The molecule has 0 bridgehead atoms. The maximum Gasteiger partial charge on any atom is 0.256 e. The van der Waals surface area contributed by atoms with Crippen LogP contribution in [-0.4, -0.2) is 30.4 Å². The highest BCUT2D eigenvalue weighted by Gasteiger charge is 2.40. The summed E-state index contributed by atoms with van der Waals surface area (Å²) in [7, 11) is 0. The fourth-order valence-electron chi connectivity index (χ4n) is 3.07. The van der Waals surface area contributed by atoms with Crippen molar-refractivity contribution in [3.05, 3.63) is 53.6 Å². The van der Waals surface area contributed by atoms with Gasteiger partial charge in [0.05, 0.1) is 24.7 Å². The lowest BCUT2D eigenvalue weighted by atomic mass is 10.1. The Morgan fingerprint density at radius 3 is 2.71 bits per heavy atom. The van der Waals surface area contributed by atoms with Gasteiger partial charge in [-0.1, -0.05) is 31.2 Å². The zero-order valence-electron chi connectivity index (χ0n) is 15.7. The number of aromatic carboxylic acids is 1. The molecule has 1 heterocycles. The molecule has 146 valence electrons. The lowest BCUT2D eigenvalue weighted by molar-refractivity contribution is -0.255. The number of nitrogens with zero attached hydrogens (tertiary/aromatic N) is 1. The number of carboxylic acid groups (broad SMARTS) is 1. The minimum atomic E-state index is -1.31. The van der Waals surface area contributed by atoms with Crippen LogP contribution in [0.15, 0.2) is 42.5 Å². The number of rotatable bonds is 7. The first kappa shape index (κ1) is 19.4. The third-order valence-electron chi connectivity index (χ3n) is 4.52. The third kappa shape index (κ3) is 3.83. The van der Waals surface area contributed by atoms with Crippen molar-refractivity contribution in [3.63, 3.8) is 0 Å². The molecule has 0 radical (unpaired) electrons. The van der Waals surface area contributed by atoms with E-state index in [1.165, 1.54) is 12.1 Å². The van der Waals surface area contributed by atoms with Crippen LogP contribution in [-0.2, 0) is 9.59 Å². The van der Waals surface area contributed by atoms with Gasteiger partial charge in [0.25, 0.3) is 5.91 Å². The number of para-hydroxylation sites is 2. The molecule has 1 saturated heterocycles. The number of carboxylic acids is 1. The molecule has 1 fully saturated rings. The quantitative estimate of drug-likeness (QED) is 0.736. The van der Waals surface area contributed by atoms with Crippen molar-refractivity contribution in [2.75, 3.05) is 16.8 Å². The van der Waals surface area contributed by atoms with Crippen molar-refractivity contribution < 1.29 is 24.2 Å². The monoisotopic (exact) mass is 381 g/mol. The van der Waals surface area contributed by atoms with Crippen LogP contribution < -0.4 is 20.1 Å². The van der Waals surface area contributed by atoms with Crippen molar-refractivity contribution in [3.8, 4) is 5.75 Å². The first-order valence-electron chi connectivity index (χ1n) is 9.09. The average Bonchev–Trinajstić information content (AvgIpc) is 2.95. The summed E-state index contributed by atoms with van der Waals surface area (Å²) in [6, 6.07) is 10.6. The minimum absolute atomic E-state index is 0.0000369. The van der Waals surface area contributed by atoms with Gasteiger partial charge in [0.15, 0.2) is 0 Å². The zero-order chi connectivity index (χ0) is 20.3. The summed E-state index contributed by atoms with van der Waals surface area (Å²) in [6.07, 6.45) is 0.768. The van der Waals surface area contributed by atoms with Crippen molar-refractivity contribution >= 4 is 29.2 Å². The van der Waals surface area contributed by atoms with Gasteiger partial charge in [-0.25, -0.2) is 4.90 Å².